The number of carbonyl (C=O) groups excluding carboxylic acids is 1. The van der Waals surface area contributed by atoms with E-state index < -0.39 is 11.0 Å². The number of anilines is 1. The molecule has 7 heteroatoms. The molecule has 7 nitrogen and oxygen atoms in total. The van der Waals surface area contributed by atoms with Gasteiger partial charge in [0.05, 0.1) is 36.2 Å². The molecule has 0 saturated carbocycles. The van der Waals surface area contributed by atoms with Crippen LogP contribution in [0, 0.1) is 10.1 Å². The maximum atomic E-state index is 11.0. The van der Waals surface area contributed by atoms with E-state index in [1.165, 1.54) is 37.6 Å². The molecule has 1 rings (SSSR count). The summed E-state index contributed by atoms with van der Waals surface area (Å²) < 4.78 is 9.40. The van der Waals surface area contributed by atoms with Gasteiger partial charge in [-0.1, -0.05) is 0 Å². The van der Waals surface area contributed by atoms with Crippen molar-refractivity contribution in [3.8, 4) is 0 Å². The van der Waals surface area contributed by atoms with Crippen LogP contribution in [0.5, 0.6) is 0 Å². The lowest BCUT2D eigenvalue weighted by molar-refractivity contribution is -0.385. The molecule has 0 aliphatic rings. The normalized spacial score (nSPS) is 10.2. The number of hydrogen-bond donors (Lipinski definition) is 1. The molecule has 0 aliphatic carbocycles. The highest BCUT2D eigenvalue weighted by atomic mass is 16.6. The van der Waals surface area contributed by atoms with Gasteiger partial charge in [0.2, 0.25) is 0 Å². The lowest BCUT2D eigenvalue weighted by atomic mass is 10.1. The predicted octanol–water partition coefficient (Wildman–Crippen LogP) is 2.78. The van der Waals surface area contributed by atoms with Crippen molar-refractivity contribution >= 4 is 23.5 Å². The first kappa shape index (κ1) is 14.5. The number of amides is 1. The number of nitro groups is 1. The average molecular weight is 266 g/mol. The Labute approximate surface area is 110 Å². The van der Waals surface area contributed by atoms with Crippen molar-refractivity contribution in [2.75, 3.05) is 19.0 Å². The monoisotopic (exact) mass is 266 g/mol. The first-order valence-corrected chi connectivity index (χ1v) is 5.50. The van der Waals surface area contributed by atoms with E-state index in [0.717, 1.165) is 0 Å². The molecule has 1 N–H and O–H groups in total. The van der Waals surface area contributed by atoms with Gasteiger partial charge in [0, 0.05) is 6.07 Å². The van der Waals surface area contributed by atoms with Crippen molar-refractivity contribution in [3.05, 3.63) is 40.1 Å². The Morgan fingerprint density at radius 2 is 2.26 bits per heavy atom. The Balaban J connectivity index is 3.01. The lowest BCUT2D eigenvalue weighted by Crippen LogP contribution is -2.11. The van der Waals surface area contributed by atoms with Crippen molar-refractivity contribution in [1.82, 2.24) is 0 Å². The second kappa shape index (κ2) is 7.00. The van der Waals surface area contributed by atoms with Crippen LogP contribution in [0.3, 0.4) is 0 Å². The molecule has 0 spiro atoms. The van der Waals surface area contributed by atoms with Gasteiger partial charge < -0.3 is 9.47 Å². The highest BCUT2D eigenvalue weighted by Gasteiger charge is 2.13. The van der Waals surface area contributed by atoms with E-state index in [-0.39, 0.29) is 11.4 Å². The molecule has 0 saturated heterocycles. The van der Waals surface area contributed by atoms with Crippen LogP contribution in [0.4, 0.5) is 16.2 Å². The molecule has 0 bridgehead atoms. The maximum absolute atomic E-state index is 11.0. The summed E-state index contributed by atoms with van der Waals surface area (Å²) in [7, 11) is 1.21. The first-order valence-electron chi connectivity index (χ1n) is 5.50. The standard InChI is InChI=1S/C12H14N2O5/c1-3-19-7-6-9-4-5-10(13-12(15)18-2)8-11(9)14(16)17/h4-8H,3H2,1-2H3,(H,13,15). The number of rotatable bonds is 5. The van der Waals surface area contributed by atoms with E-state index in [0.29, 0.717) is 12.2 Å². The SMILES string of the molecule is CCOC=Cc1ccc(NC(=O)OC)cc1[N+](=O)[O-]. The van der Waals surface area contributed by atoms with Gasteiger partial charge in [0.15, 0.2) is 0 Å². The first-order chi connectivity index (χ1) is 9.08. The van der Waals surface area contributed by atoms with Crippen LogP contribution in [0.25, 0.3) is 6.08 Å². The minimum atomic E-state index is -0.688. The second-order valence-corrected chi connectivity index (χ2v) is 3.41. The Kier molecular flexibility index (Phi) is 5.34. The zero-order valence-corrected chi connectivity index (χ0v) is 10.6. The zero-order valence-electron chi connectivity index (χ0n) is 10.6. The zero-order chi connectivity index (χ0) is 14.3. The minimum absolute atomic E-state index is 0.134. The Hall–Kier alpha value is -2.57. The van der Waals surface area contributed by atoms with Crippen LogP contribution in [0.2, 0.25) is 0 Å². The molecular formula is C12H14N2O5. The second-order valence-electron chi connectivity index (χ2n) is 3.41. The number of nitrogens with zero attached hydrogens (tertiary/aromatic N) is 1. The van der Waals surface area contributed by atoms with E-state index in [9.17, 15) is 14.9 Å². The third-order valence-electron chi connectivity index (χ3n) is 2.17. The number of methoxy groups -OCH3 is 1. The number of carbonyl (C=O) groups is 1. The van der Waals surface area contributed by atoms with Crippen molar-refractivity contribution in [2.45, 2.75) is 6.92 Å². The van der Waals surface area contributed by atoms with Gasteiger partial charge in [-0.25, -0.2) is 4.79 Å². The molecule has 0 atom stereocenters. The third kappa shape index (κ3) is 4.30. The Morgan fingerprint density at radius 3 is 2.84 bits per heavy atom. The molecule has 0 fully saturated rings. The molecule has 0 aliphatic heterocycles. The third-order valence-corrected chi connectivity index (χ3v) is 2.17. The fraction of sp³-hybridized carbons (Fsp3) is 0.250. The van der Waals surface area contributed by atoms with Crippen LogP contribution < -0.4 is 5.32 Å². The summed E-state index contributed by atoms with van der Waals surface area (Å²) in [6.07, 6.45) is 2.19. The molecule has 1 aromatic carbocycles. The van der Waals surface area contributed by atoms with Gasteiger partial charge in [-0.2, -0.15) is 0 Å². The molecule has 0 unspecified atom stereocenters. The van der Waals surface area contributed by atoms with Gasteiger partial charge >= 0.3 is 6.09 Å². The van der Waals surface area contributed by atoms with Crippen LogP contribution in [-0.2, 0) is 9.47 Å². The van der Waals surface area contributed by atoms with Crippen LogP contribution in [-0.4, -0.2) is 24.7 Å². The van der Waals surface area contributed by atoms with Gasteiger partial charge in [0.1, 0.15) is 0 Å². The van der Waals surface area contributed by atoms with Gasteiger partial charge in [-0.15, -0.1) is 0 Å². The summed E-state index contributed by atoms with van der Waals surface area (Å²) in [6, 6.07) is 4.30. The molecule has 19 heavy (non-hydrogen) atoms. The van der Waals surface area contributed by atoms with Crippen LogP contribution in [0.1, 0.15) is 12.5 Å². The summed E-state index contributed by atoms with van der Waals surface area (Å²) in [5, 5.41) is 13.3. The molecule has 1 aromatic rings. The molecule has 0 heterocycles. The topological polar surface area (TPSA) is 90.7 Å². The van der Waals surface area contributed by atoms with Crippen LogP contribution >= 0.6 is 0 Å². The van der Waals surface area contributed by atoms with E-state index in [1.54, 1.807) is 0 Å². The van der Waals surface area contributed by atoms with E-state index in [1.807, 2.05) is 6.92 Å². The summed E-state index contributed by atoms with van der Waals surface area (Å²) in [4.78, 5) is 21.4. The van der Waals surface area contributed by atoms with Crippen molar-refractivity contribution in [2.24, 2.45) is 0 Å². The number of nitro benzene ring substituents is 1. The highest BCUT2D eigenvalue weighted by molar-refractivity contribution is 5.85. The molecule has 102 valence electrons. The van der Waals surface area contributed by atoms with E-state index >= 15 is 0 Å². The van der Waals surface area contributed by atoms with Gasteiger partial charge in [-0.05, 0) is 25.1 Å². The van der Waals surface area contributed by atoms with Crippen molar-refractivity contribution in [1.29, 1.82) is 0 Å². The molecule has 1 amide bonds. The predicted molar refractivity (Wildman–Crippen MR) is 69.8 cm³/mol. The Morgan fingerprint density at radius 1 is 1.53 bits per heavy atom. The summed E-state index contributed by atoms with van der Waals surface area (Å²) in [5.41, 5.74) is 0.533. The maximum Gasteiger partial charge on any atom is 0.411 e. The van der Waals surface area contributed by atoms with E-state index in [4.69, 9.17) is 4.74 Å². The highest BCUT2D eigenvalue weighted by Crippen LogP contribution is 2.24. The number of benzene rings is 1. The Bertz CT molecular complexity index is 499. The fourth-order valence-electron chi connectivity index (χ4n) is 1.31. The minimum Gasteiger partial charge on any atom is -0.501 e. The number of hydrogen-bond acceptors (Lipinski definition) is 5. The fourth-order valence-corrected chi connectivity index (χ4v) is 1.31. The molecule has 0 aromatic heterocycles. The van der Waals surface area contributed by atoms with Crippen LogP contribution in [0.15, 0.2) is 24.5 Å². The smallest absolute Gasteiger partial charge is 0.411 e. The summed E-state index contributed by atoms with van der Waals surface area (Å²) >= 11 is 0. The molecular weight excluding hydrogens is 252 g/mol. The molecule has 0 radical (unpaired) electrons. The average Bonchev–Trinajstić information content (AvgIpc) is 2.40. The van der Waals surface area contributed by atoms with Gasteiger partial charge in [-0.3, -0.25) is 15.4 Å². The number of ether oxygens (including phenoxy) is 2. The van der Waals surface area contributed by atoms with Crippen molar-refractivity contribution < 1.29 is 19.2 Å². The van der Waals surface area contributed by atoms with Gasteiger partial charge in [0.25, 0.3) is 5.69 Å². The summed E-state index contributed by atoms with van der Waals surface area (Å²) in [5.74, 6) is 0. The quantitative estimate of drug-likeness (QED) is 0.502. The number of nitrogens with one attached hydrogen (secondary N) is 1. The van der Waals surface area contributed by atoms with E-state index in [2.05, 4.69) is 10.1 Å². The van der Waals surface area contributed by atoms with Crippen molar-refractivity contribution in [3.63, 3.8) is 0 Å². The summed E-state index contributed by atoms with van der Waals surface area (Å²) in [6.45, 7) is 2.29. The lowest BCUT2D eigenvalue weighted by Gasteiger charge is -2.04. The largest absolute Gasteiger partial charge is 0.501 e.